The fourth-order valence-corrected chi connectivity index (χ4v) is 1.63. The van der Waals surface area contributed by atoms with E-state index in [1.165, 1.54) is 11.2 Å². The highest BCUT2D eigenvalue weighted by atomic mass is 16.3. The van der Waals surface area contributed by atoms with Crippen molar-refractivity contribution in [1.82, 2.24) is 9.88 Å². The summed E-state index contributed by atoms with van der Waals surface area (Å²) in [6.07, 6.45) is 5.14. The summed E-state index contributed by atoms with van der Waals surface area (Å²) in [5, 5.41) is 0. The number of aromatic nitrogens is 1. The second-order valence-corrected chi connectivity index (χ2v) is 3.47. The number of imide groups is 1. The van der Waals surface area contributed by atoms with Gasteiger partial charge >= 0.3 is 0 Å². The number of hydrogen-bond acceptors (Lipinski definition) is 4. The molecule has 0 radical (unpaired) electrons. The first kappa shape index (κ1) is 9.89. The standard InChI is InChI=1S/C10H12N2O3/c13-9-2-1-3-10(14)12(9)6-4-8-11-5-7-15-8/h5,7H,1-4,6H2. The Balaban J connectivity index is 1.92. The first-order chi connectivity index (χ1) is 7.27. The lowest BCUT2D eigenvalue weighted by Crippen LogP contribution is -2.41. The third kappa shape index (κ3) is 2.23. The van der Waals surface area contributed by atoms with Crippen molar-refractivity contribution in [2.45, 2.75) is 25.7 Å². The van der Waals surface area contributed by atoms with Gasteiger partial charge in [0.15, 0.2) is 5.89 Å². The molecule has 0 unspecified atom stereocenters. The lowest BCUT2D eigenvalue weighted by molar-refractivity contribution is -0.147. The van der Waals surface area contributed by atoms with Gasteiger partial charge in [-0.05, 0) is 6.42 Å². The van der Waals surface area contributed by atoms with E-state index in [0.717, 1.165) is 0 Å². The van der Waals surface area contributed by atoms with Crippen molar-refractivity contribution in [3.8, 4) is 0 Å². The number of likely N-dealkylation sites (tertiary alicyclic amines) is 1. The normalized spacial score (nSPS) is 17.2. The maximum atomic E-state index is 11.4. The SMILES string of the molecule is O=C1CCCC(=O)N1CCc1ncco1. The van der Waals surface area contributed by atoms with Crippen molar-refractivity contribution in [2.24, 2.45) is 0 Å². The van der Waals surface area contributed by atoms with Gasteiger partial charge in [-0.1, -0.05) is 0 Å². The van der Waals surface area contributed by atoms with Crippen molar-refractivity contribution in [3.63, 3.8) is 0 Å². The van der Waals surface area contributed by atoms with E-state index >= 15 is 0 Å². The van der Waals surface area contributed by atoms with E-state index in [1.807, 2.05) is 0 Å². The van der Waals surface area contributed by atoms with Crippen LogP contribution in [-0.4, -0.2) is 28.2 Å². The molecule has 5 nitrogen and oxygen atoms in total. The molecule has 0 bridgehead atoms. The Bertz CT molecular complexity index is 343. The molecule has 2 amide bonds. The highest BCUT2D eigenvalue weighted by Crippen LogP contribution is 2.12. The van der Waals surface area contributed by atoms with Crippen molar-refractivity contribution in [3.05, 3.63) is 18.4 Å². The number of amides is 2. The second-order valence-electron chi connectivity index (χ2n) is 3.47. The van der Waals surface area contributed by atoms with Crippen LogP contribution in [0.5, 0.6) is 0 Å². The summed E-state index contributed by atoms with van der Waals surface area (Å²) in [4.78, 5) is 28.1. The molecule has 0 aromatic carbocycles. The zero-order valence-corrected chi connectivity index (χ0v) is 8.31. The summed E-state index contributed by atoms with van der Waals surface area (Å²) in [5.41, 5.74) is 0. The van der Waals surface area contributed by atoms with E-state index in [-0.39, 0.29) is 11.8 Å². The van der Waals surface area contributed by atoms with Crippen molar-refractivity contribution < 1.29 is 14.0 Å². The number of carbonyl (C=O) groups is 2. The minimum atomic E-state index is -0.0854. The average molecular weight is 208 g/mol. The summed E-state index contributed by atoms with van der Waals surface area (Å²) < 4.78 is 5.03. The van der Waals surface area contributed by atoms with Gasteiger partial charge in [-0.25, -0.2) is 4.98 Å². The van der Waals surface area contributed by atoms with Gasteiger partial charge in [-0.3, -0.25) is 14.5 Å². The molecular weight excluding hydrogens is 196 g/mol. The molecule has 80 valence electrons. The van der Waals surface area contributed by atoms with Crippen molar-refractivity contribution >= 4 is 11.8 Å². The van der Waals surface area contributed by atoms with E-state index in [1.54, 1.807) is 6.20 Å². The van der Waals surface area contributed by atoms with Crippen LogP contribution < -0.4 is 0 Å². The van der Waals surface area contributed by atoms with Crippen LogP contribution in [0.25, 0.3) is 0 Å². The van der Waals surface area contributed by atoms with E-state index in [4.69, 9.17) is 4.42 Å². The van der Waals surface area contributed by atoms with E-state index in [2.05, 4.69) is 4.98 Å². The van der Waals surface area contributed by atoms with Crippen LogP contribution in [0.2, 0.25) is 0 Å². The largest absolute Gasteiger partial charge is 0.449 e. The van der Waals surface area contributed by atoms with Crippen LogP contribution in [0.1, 0.15) is 25.2 Å². The lowest BCUT2D eigenvalue weighted by atomic mass is 10.1. The Morgan fingerprint density at radius 3 is 2.67 bits per heavy atom. The van der Waals surface area contributed by atoms with Crippen LogP contribution in [-0.2, 0) is 16.0 Å². The molecular formula is C10H12N2O3. The number of rotatable bonds is 3. The van der Waals surface area contributed by atoms with Gasteiger partial charge in [0.1, 0.15) is 6.26 Å². The predicted molar refractivity (Wildman–Crippen MR) is 50.8 cm³/mol. The summed E-state index contributed by atoms with van der Waals surface area (Å²) in [7, 11) is 0. The summed E-state index contributed by atoms with van der Waals surface area (Å²) in [5.74, 6) is 0.386. The number of hydrogen-bond donors (Lipinski definition) is 0. The van der Waals surface area contributed by atoms with Gasteiger partial charge in [-0.2, -0.15) is 0 Å². The number of piperidine rings is 1. The molecule has 0 aliphatic carbocycles. The molecule has 0 saturated carbocycles. The molecule has 0 atom stereocenters. The Morgan fingerprint density at radius 2 is 2.07 bits per heavy atom. The maximum Gasteiger partial charge on any atom is 0.229 e. The number of oxazole rings is 1. The Morgan fingerprint density at radius 1 is 1.33 bits per heavy atom. The molecule has 1 aliphatic rings. The Kier molecular flexibility index (Phi) is 2.80. The van der Waals surface area contributed by atoms with Gasteiger partial charge < -0.3 is 4.42 Å². The zero-order valence-electron chi connectivity index (χ0n) is 8.31. The van der Waals surface area contributed by atoms with Crippen LogP contribution in [0.4, 0.5) is 0 Å². The predicted octanol–water partition coefficient (Wildman–Crippen LogP) is 0.756. The van der Waals surface area contributed by atoms with Gasteiger partial charge in [0.05, 0.1) is 6.20 Å². The molecule has 1 aromatic rings. The smallest absolute Gasteiger partial charge is 0.229 e. The molecule has 1 fully saturated rings. The van der Waals surface area contributed by atoms with Gasteiger partial charge in [0, 0.05) is 25.8 Å². The fraction of sp³-hybridized carbons (Fsp3) is 0.500. The molecule has 1 aromatic heterocycles. The average Bonchev–Trinajstić information content (AvgIpc) is 2.70. The number of carbonyl (C=O) groups excluding carboxylic acids is 2. The fourth-order valence-electron chi connectivity index (χ4n) is 1.63. The highest BCUT2D eigenvalue weighted by molar-refractivity contribution is 5.97. The Hall–Kier alpha value is -1.65. The maximum absolute atomic E-state index is 11.4. The first-order valence-corrected chi connectivity index (χ1v) is 4.99. The number of nitrogens with zero attached hydrogens (tertiary/aromatic N) is 2. The van der Waals surface area contributed by atoms with Gasteiger partial charge in [-0.15, -0.1) is 0 Å². The molecule has 2 rings (SSSR count). The molecule has 1 aliphatic heterocycles. The van der Waals surface area contributed by atoms with E-state index in [0.29, 0.717) is 38.1 Å². The quantitative estimate of drug-likeness (QED) is 0.688. The summed E-state index contributed by atoms with van der Waals surface area (Å²) in [6, 6.07) is 0. The van der Waals surface area contributed by atoms with E-state index < -0.39 is 0 Å². The molecule has 1 saturated heterocycles. The topological polar surface area (TPSA) is 63.4 Å². The van der Waals surface area contributed by atoms with Crippen molar-refractivity contribution in [1.29, 1.82) is 0 Å². The summed E-state index contributed by atoms with van der Waals surface area (Å²) in [6.45, 7) is 0.373. The minimum Gasteiger partial charge on any atom is -0.449 e. The second kappa shape index (κ2) is 4.25. The molecule has 15 heavy (non-hydrogen) atoms. The molecule has 2 heterocycles. The van der Waals surface area contributed by atoms with Crippen LogP contribution in [0.3, 0.4) is 0 Å². The van der Waals surface area contributed by atoms with E-state index in [9.17, 15) is 9.59 Å². The zero-order chi connectivity index (χ0) is 10.7. The molecule has 0 N–H and O–H groups in total. The van der Waals surface area contributed by atoms with Crippen molar-refractivity contribution in [2.75, 3.05) is 6.54 Å². The third-order valence-corrected chi connectivity index (χ3v) is 2.42. The summed E-state index contributed by atoms with van der Waals surface area (Å²) >= 11 is 0. The monoisotopic (exact) mass is 208 g/mol. The highest BCUT2D eigenvalue weighted by Gasteiger charge is 2.25. The first-order valence-electron chi connectivity index (χ1n) is 4.99. The van der Waals surface area contributed by atoms with Gasteiger partial charge in [0.2, 0.25) is 11.8 Å². The molecule has 0 spiro atoms. The Labute approximate surface area is 87.1 Å². The van der Waals surface area contributed by atoms with Crippen LogP contribution in [0.15, 0.2) is 16.9 Å². The lowest BCUT2D eigenvalue weighted by Gasteiger charge is -2.24. The van der Waals surface area contributed by atoms with Crippen LogP contribution >= 0.6 is 0 Å². The van der Waals surface area contributed by atoms with Gasteiger partial charge in [0.25, 0.3) is 0 Å². The molecule has 5 heteroatoms. The van der Waals surface area contributed by atoms with Crippen LogP contribution in [0, 0.1) is 0 Å². The minimum absolute atomic E-state index is 0.0854. The third-order valence-electron chi connectivity index (χ3n) is 2.42.